The van der Waals surface area contributed by atoms with Crippen LogP contribution in [0.15, 0.2) is 12.4 Å². The maximum absolute atomic E-state index is 4.33. The van der Waals surface area contributed by atoms with Crippen LogP contribution >= 0.6 is 0 Å². The molecule has 0 saturated carbocycles. The van der Waals surface area contributed by atoms with E-state index >= 15 is 0 Å². The Balaban J connectivity index is 2.35. The lowest BCUT2D eigenvalue weighted by Crippen LogP contribution is -2.31. The van der Waals surface area contributed by atoms with Gasteiger partial charge in [-0.1, -0.05) is 13.8 Å². The number of likely N-dealkylation sites (N-methyl/N-ethyl adjacent to an activating group) is 1. The van der Waals surface area contributed by atoms with Crippen molar-refractivity contribution in [3.8, 4) is 0 Å². The second-order valence-electron chi connectivity index (χ2n) is 4.48. The van der Waals surface area contributed by atoms with Crippen LogP contribution < -0.4 is 10.2 Å². The molecule has 16 heavy (non-hydrogen) atoms. The molecular weight excluding hydrogens is 200 g/mol. The molecule has 0 radical (unpaired) electrons. The molecule has 4 nitrogen and oxygen atoms in total. The van der Waals surface area contributed by atoms with Crippen LogP contribution in [0.25, 0.3) is 0 Å². The Bertz CT molecular complexity index is 312. The summed E-state index contributed by atoms with van der Waals surface area (Å²) in [4.78, 5) is 10.7. The van der Waals surface area contributed by atoms with Crippen LogP contribution in [0.3, 0.4) is 0 Å². The van der Waals surface area contributed by atoms with Crippen molar-refractivity contribution in [3.63, 3.8) is 0 Å². The monoisotopic (exact) mass is 222 g/mol. The van der Waals surface area contributed by atoms with E-state index in [2.05, 4.69) is 34.0 Å². The van der Waals surface area contributed by atoms with Crippen LogP contribution in [0.1, 0.15) is 19.5 Å². The number of aromatic nitrogens is 2. The van der Waals surface area contributed by atoms with Crippen LogP contribution in [0.4, 0.5) is 5.82 Å². The summed E-state index contributed by atoms with van der Waals surface area (Å²) in [6.07, 6.45) is 3.46. The molecule has 0 saturated heterocycles. The van der Waals surface area contributed by atoms with Crippen molar-refractivity contribution in [2.45, 2.75) is 20.8 Å². The summed E-state index contributed by atoms with van der Waals surface area (Å²) in [5.41, 5.74) is 0.980. The lowest BCUT2D eigenvalue weighted by atomic mass is 10.2. The van der Waals surface area contributed by atoms with Gasteiger partial charge in [-0.05, 0) is 19.4 Å². The van der Waals surface area contributed by atoms with Crippen LogP contribution in [-0.4, -0.2) is 36.6 Å². The van der Waals surface area contributed by atoms with E-state index < -0.39 is 0 Å². The second kappa shape index (κ2) is 6.43. The smallest absolute Gasteiger partial charge is 0.149 e. The van der Waals surface area contributed by atoms with Crippen molar-refractivity contribution in [2.24, 2.45) is 5.92 Å². The van der Waals surface area contributed by atoms with Crippen molar-refractivity contribution in [1.29, 1.82) is 0 Å². The summed E-state index contributed by atoms with van der Waals surface area (Å²) < 4.78 is 0. The number of rotatable bonds is 6. The first kappa shape index (κ1) is 12.9. The molecule has 1 N–H and O–H groups in total. The SMILES string of the molecule is Cc1nccnc1N(C)CCNCC(C)C. The molecule has 0 aliphatic rings. The molecule has 0 unspecified atom stereocenters. The van der Waals surface area contributed by atoms with E-state index in [0.29, 0.717) is 5.92 Å². The predicted molar refractivity (Wildman–Crippen MR) is 67.7 cm³/mol. The highest BCUT2D eigenvalue weighted by Crippen LogP contribution is 2.10. The molecule has 1 aromatic heterocycles. The molecule has 0 amide bonds. The van der Waals surface area contributed by atoms with Gasteiger partial charge in [-0.2, -0.15) is 0 Å². The summed E-state index contributed by atoms with van der Waals surface area (Å²) in [6, 6.07) is 0. The Morgan fingerprint density at radius 3 is 2.62 bits per heavy atom. The van der Waals surface area contributed by atoms with Gasteiger partial charge in [0.1, 0.15) is 5.82 Å². The molecule has 1 heterocycles. The van der Waals surface area contributed by atoms with Gasteiger partial charge in [-0.3, -0.25) is 4.98 Å². The Morgan fingerprint density at radius 2 is 2.00 bits per heavy atom. The average Bonchev–Trinajstić information content (AvgIpc) is 2.24. The summed E-state index contributed by atoms with van der Waals surface area (Å²) in [6.45, 7) is 9.40. The molecule has 0 bridgehead atoms. The number of nitrogens with one attached hydrogen (secondary N) is 1. The highest BCUT2D eigenvalue weighted by Gasteiger charge is 2.05. The number of hydrogen-bond donors (Lipinski definition) is 1. The first-order chi connectivity index (χ1) is 7.61. The van der Waals surface area contributed by atoms with Crippen LogP contribution in [-0.2, 0) is 0 Å². The first-order valence-corrected chi connectivity index (χ1v) is 5.80. The molecule has 4 heteroatoms. The molecule has 1 aromatic rings. The zero-order valence-corrected chi connectivity index (χ0v) is 10.7. The van der Waals surface area contributed by atoms with Gasteiger partial charge in [-0.15, -0.1) is 0 Å². The molecule has 0 aromatic carbocycles. The van der Waals surface area contributed by atoms with Gasteiger partial charge in [0.15, 0.2) is 0 Å². The van der Waals surface area contributed by atoms with Crippen molar-refractivity contribution in [3.05, 3.63) is 18.1 Å². The molecular formula is C12H22N4. The van der Waals surface area contributed by atoms with Gasteiger partial charge in [-0.25, -0.2) is 4.98 Å². The fraction of sp³-hybridized carbons (Fsp3) is 0.667. The van der Waals surface area contributed by atoms with Crippen molar-refractivity contribution in [2.75, 3.05) is 31.6 Å². The Kier molecular flexibility index (Phi) is 5.19. The number of aryl methyl sites for hydroxylation is 1. The van der Waals surface area contributed by atoms with E-state index in [-0.39, 0.29) is 0 Å². The molecule has 0 fully saturated rings. The Morgan fingerprint density at radius 1 is 1.31 bits per heavy atom. The van der Waals surface area contributed by atoms with Gasteiger partial charge < -0.3 is 10.2 Å². The van der Waals surface area contributed by atoms with Crippen LogP contribution in [0, 0.1) is 12.8 Å². The molecule has 90 valence electrons. The number of hydrogen-bond acceptors (Lipinski definition) is 4. The van der Waals surface area contributed by atoms with Crippen molar-refractivity contribution in [1.82, 2.24) is 15.3 Å². The van der Waals surface area contributed by atoms with Crippen LogP contribution in [0.2, 0.25) is 0 Å². The zero-order chi connectivity index (χ0) is 12.0. The van der Waals surface area contributed by atoms with E-state index in [9.17, 15) is 0 Å². The maximum Gasteiger partial charge on any atom is 0.149 e. The number of anilines is 1. The largest absolute Gasteiger partial charge is 0.357 e. The predicted octanol–water partition coefficient (Wildman–Crippen LogP) is 1.47. The molecule has 1 rings (SSSR count). The minimum Gasteiger partial charge on any atom is -0.357 e. The third-order valence-electron chi connectivity index (χ3n) is 2.39. The fourth-order valence-electron chi connectivity index (χ4n) is 1.52. The highest BCUT2D eigenvalue weighted by atomic mass is 15.2. The summed E-state index contributed by atoms with van der Waals surface area (Å²) >= 11 is 0. The topological polar surface area (TPSA) is 41.1 Å². The quantitative estimate of drug-likeness (QED) is 0.740. The third kappa shape index (κ3) is 4.14. The van der Waals surface area contributed by atoms with Gasteiger partial charge in [0.2, 0.25) is 0 Å². The second-order valence-corrected chi connectivity index (χ2v) is 4.48. The van der Waals surface area contributed by atoms with E-state index in [1.165, 1.54) is 0 Å². The fourth-order valence-corrected chi connectivity index (χ4v) is 1.52. The zero-order valence-electron chi connectivity index (χ0n) is 10.7. The molecule has 0 aliphatic carbocycles. The average molecular weight is 222 g/mol. The lowest BCUT2D eigenvalue weighted by molar-refractivity contribution is 0.553. The number of nitrogens with zero attached hydrogens (tertiary/aromatic N) is 3. The van der Waals surface area contributed by atoms with E-state index in [1.54, 1.807) is 12.4 Å². The molecule has 0 spiro atoms. The summed E-state index contributed by atoms with van der Waals surface area (Å²) in [5.74, 6) is 1.66. The van der Waals surface area contributed by atoms with Gasteiger partial charge in [0.05, 0.1) is 5.69 Å². The normalized spacial score (nSPS) is 10.8. The Labute approximate surface area is 98.1 Å². The minimum atomic E-state index is 0.698. The van der Waals surface area contributed by atoms with Gasteiger partial charge in [0, 0.05) is 32.5 Å². The summed E-state index contributed by atoms with van der Waals surface area (Å²) in [5, 5.41) is 3.42. The maximum atomic E-state index is 4.33. The first-order valence-electron chi connectivity index (χ1n) is 5.80. The third-order valence-corrected chi connectivity index (χ3v) is 2.39. The van der Waals surface area contributed by atoms with E-state index in [4.69, 9.17) is 0 Å². The van der Waals surface area contributed by atoms with Gasteiger partial charge >= 0.3 is 0 Å². The van der Waals surface area contributed by atoms with Gasteiger partial charge in [0.25, 0.3) is 0 Å². The van der Waals surface area contributed by atoms with E-state index in [1.807, 2.05) is 14.0 Å². The highest BCUT2D eigenvalue weighted by molar-refractivity contribution is 5.40. The minimum absolute atomic E-state index is 0.698. The standard InChI is InChI=1S/C12H22N4/c1-10(2)9-13-7-8-16(4)12-11(3)14-5-6-15-12/h5-6,10,13H,7-9H2,1-4H3. The molecule has 0 aliphatic heterocycles. The van der Waals surface area contributed by atoms with Crippen molar-refractivity contribution < 1.29 is 0 Å². The van der Waals surface area contributed by atoms with E-state index in [0.717, 1.165) is 31.1 Å². The van der Waals surface area contributed by atoms with Crippen molar-refractivity contribution >= 4 is 5.82 Å². The lowest BCUT2D eigenvalue weighted by Gasteiger charge is -2.19. The van der Waals surface area contributed by atoms with Crippen LogP contribution in [0.5, 0.6) is 0 Å². The summed E-state index contributed by atoms with van der Waals surface area (Å²) in [7, 11) is 2.05. The Hall–Kier alpha value is -1.16. The molecule has 0 atom stereocenters.